The summed E-state index contributed by atoms with van der Waals surface area (Å²) in [6.45, 7) is 2.33. The average molecular weight is 227 g/mol. The highest BCUT2D eigenvalue weighted by atomic mass is 32.2. The molecule has 3 aliphatic heterocycles. The van der Waals surface area contributed by atoms with Crippen LogP contribution in [0, 0.1) is 0 Å². The van der Waals surface area contributed by atoms with Crippen molar-refractivity contribution in [1.82, 2.24) is 4.90 Å². The van der Waals surface area contributed by atoms with Crippen LogP contribution in [-0.4, -0.2) is 47.7 Å². The minimum absolute atomic E-state index is 0.513. The van der Waals surface area contributed by atoms with Gasteiger partial charge in [-0.3, -0.25) is 4.90 Å². The van der Waals surface area contributed by atoms with Gasteiger partial charge >= 0.3 is 0 Å². The molecule has 0 amide bonds. The number of hydrogen-bond donors (Lipinski definition) is 0. The van der Waals surface area contributed by atoms with Crippen LogP contribution in [0.2, 0.25) is 0 Å². The molecule has 15 heavy (non-hydrogen) atoms. The van der Waals surface area contributed by atoms with Gasteiger partial charge in [-0.2, -0.15) is 11.8 Å². The molecule has 2 nitrogen and oxygen atoms in total. The fourth-order valence-electron chi connectivity index (χ4n) is 3.93. The van der Waals surface area contributed by atoms with Crippen molar-refractivity contribution in [2.24, 2.45) is 0 Å². The van der Waals surface area contributed by atoms with Crippen LogP contribution in [0.25, 0.3) is 0 Å². The fraction of sp³-hybridized carbons (Fsp3) is 1.00. The van der Waals surface area contributed by atoms with Crippen molar-refractivity contribution >= 4 is 11.8 Å². The third kappa shape index (κ3) is 1.55. The molecule has 3 saturated heterocycles. The Labute approximate surface area is 96.7 Å². The summed E-state index contributed by atoms with van der Waals surface area (Å²) in [7, 11) is 0. The number of hydrogen-bond acceptors (Lipinski definition) is 3. The molecule has 3 fully saturated rings. The maximum absolute atomic E-state index is 5.96. The van der Waals surface area contributed by atoms with E-state index in [2.05, 4.69) is 11.2 Å². The second-order valence-corrected chi connectivity index (χ2v) is 6.14. The Morgan fingerprint density at radius 2 is 2.40 bits per heavy atom. The van der Waals surface area contributed by atoms with Gasteiger partial charge in [-0.05, 0) is 44.9 Å². The molecule has 0 bridgehead atoms. The normalized spacial score (nSPS) is 45.4. The van der Waals surface area contributed by atoms with E-state index in [9.17, 15) is 0 Å². The lowest BCUT2D eigenvalue weighted by atomic mass is 9.94. The van der Waals surface area contributed by atoms with Gasteiger partial charge in [-0.25, -0.2) is 0 Å². The summed E-state index contributed by atoms with van der Waals surface area (Å²) in [5.41, 5.74) is 0.513. The van der Waals surface area contributed by atoms with Crippen LogP contribution in [0.1, 0.15) is 32.1 Å². The Balaban J connectivity index is 1.82. The summed E-state index contributed by atoms with van der Waals surface area (Å²) in [4.78, 5) is 2.80. The molecule has 0 N–H and O–H groups in total. The second-order valence-electron chi connectivity index (χ2n) is 5.28. The predicted octanol–water partition coefficient (Wildman–Crippen LogP) is 2.14. The largest absolute Gasteiger partial charge is 0.377 e. The third-order valence-electron chi connectivity index (χ3n) is 4.45. The van der Waals surface area contributed by atoms with Crippen molar-refractivity contribution in [2.75, 3.05) is 25.2 Å². The molecule has 0 aromatic rings. The van der Waals surface area contributed by atoms with Crippen LogP contribution < -0.4 is 0 Å². The highest BCUT2D eigenvalue weighted by Gasteiger charge is 2.54. The lowest BCUT2D eigenvalue weighted by molar-refractivity contribution is -0.0108. The molecular weight excluding hydrogens is 206 g/mol. The Morgan fingerprint density at radius 1 is 1.47 bits per heavy atom. The van der Waals surface area contributed by atoms with Gasteiger partial charge in [0.15, 0.2) is 0 Å². The van der Waals surface area contributed by atoms with E-state index in [1.54, 1.807) is 0 Å². The lowest BCUT2D eigenvalue weighted by Crippen LogP contribution is -2.45. The first kappa shape index (κ1) is 10.4. The molecule has 0 saturated carbocycles. The molecule has 0 aliphatic carbocycles. The van der Waals surface area contributed by atoms with E-state index in [-0.39, 0.29) is 0 Å². The number of thioether (sulfide) groups is 1. The monoisotopic (exact) mass is 227 g/mol. The van der Waals surface area contributed by atoms with Crippen molar-refractivity contribution in [1.29, 1.82) is 0 Å². The minimum Gasteiger partial charge on any atom is -0.377 e. The van der Waals surface area contributed by atoms with Gasteiger partial charge < -0.3 is 4.74 Å². The molecule has 0 radical (unpaired) electrons. The van der Waals surface area contributed by atoms with Gasteiger partial charge in [0.1, 0.15) is 0 Å². The molecule has 3 rings (SSSR count). The number of nitrogens with zero attached hydrogens (tertiary/aromatic N) is 1. The van der Waals surface area contributed by atoms with Gasteiger partial charge in [-0.15, -0.1) is 0 Å². The second kappa shape index (κ2) is 3.94. The molecular formula is C12H21NOS. The Morgan fingerprint density at radius 3 is 3.27 bits per heavy atom. The molecule has 0 aromatic heterocycles. The molecule has 0 unspecified atom stereocenters. The first-order valence-corrected chi connectivity index (χ1v) is 7.62. The summed E-state index contributed by atoms with van der Waals surface area (Å²) in [5.74, 6) is 1.31. The molecule has 0 aromatic carbocycles. The van der Waals surface area contributed by atoms with Gasteiger partial charge in [0.2, 0.25) is 0 Å². The van der Waals surface area contributed by atoms with E-state index in [0.29, 0.717) is 11.6 Å². The van der Waals surface area contributed by atoms with Crippen LogP contribution in [0.15, 0.2) is 0 Å². The third-order valence-corrected chi connectivity index (χ3v) is 5.28. The molecule has 0 spiro atoms. The van der Waals surface area contributed by atoms with Gasteiger partial charge in [0.05, 0.1) is 6.10 Å². The smallest absolute Gasteiger partial charge is 0.0748 e. The van der Waals surface area contributed by atoms with Crippen LogP contribution in [0.4, 0.5) is 0 Å². The van der Waals surface area contributed by atoms with Crippen molar-refractivity contribution in [3.63, 3.8) is 0 Å². The summed E-state index contributed by atoms with van der Waals surface area (Å²) in [5, 5.41) is 0. The summed E-state index contributed by atoms with van der Waals surface area (Å²) in [6, 6.07) is 0.758. The Hall–Kier alpha value is 0.270. The number of rotatable bonds is 2. The molecule has 3 atom stereocenters. The fourth-order valence-corrected chi connectivity index (χ4v) is 4.89. The topological polar surface area (TPSA) is 12.5 Å². The molecule has 3 aliphatic rings. The van der Waals surface area contributed by atoms with E-state index < -0.39 is 0 Å². The zero-order chi connectivity index (χ0) is 10.3. The summed E-state index contributed by atoms with van der Waals surface area (Å²) in [6.07, 6.45) is 9.57. The van der Waals surface area contributed by atoms with Crippen molar-refractivity contribution < 1.29 is 4.74 Å². The van der Waals surface area contributed by atoms with Crippen LogP contribution in [0.5, 0.6) is 0 Å². The molecule has 3 heteroatoms. The summed E-state index contributed by atoms with van der Waals surface area (Å²) < 4.78 is 5.96. The Kier molecular flexibility index (Phi) is 2.74. The average Bonchev–Trinajstić information content (AvgIpc) is 2.73. The van der Waals surface area contributed by atoms with Crippen LogP contribution >= 0.6 is 11.8 Å². The predicted molar refractivity (Wildman–Crippen MR) is 64.4 cm³/mol. The SMILES string of the molecule is CSC[C@@]12CCCN1[C@@H]1CCCO[C@@H]1C2. The summed E-state index contributed by atoms with van der Waals surface area (Å²) >= 11 is 2.01. The van der Waals surface area contributed by atoms with Crippen molar-refractivity contribution in [2.45, 2.75) is 49.8 Å². The van der Waals surface area contributed by atoms with E-state index >= 15 is 0 Å². The number of fused-ring (bicyclic) bond motifs is 3. The van der Waals surface area contributed by atoms with Gasteiger partial charge in [0, 0.05) is 23.9 Å². The van der Waals surface area contributed by atoms with Crippen LogP contribution in [-0.2, 0) is 4.74 Å². The standard InChI is InChI=1S/C12H21NOS/c1-15-9-12-5-3-6-13(12)10-4-2-7-14-11(10)8-12/h10-11H,2-9H2,1H3/t10-,11-,12+/m1/s1. The van der Waals surface area contributed by atoms with Crippen molar-refractivity contribution in [3.8, 4) is 0 Å². The van der Waals surface area contributed by atoms with Gasteiger partial charge in [-0.1, -0.05) is 0 Å². The quantitative estimate of drug-likeness (QED) is 0.717. The van der Waals surface area contributed by atoms with E-state index in [1.807, 2.05) is 11.8 Å². The zero-order valence-corrected chi connectivity index (χ0v) is 10.4. The maximum Gasteiger partial charge on any atom is 0.0748 e. The molecule has 3 heterocycles. The van der Waals surface area contributed by atoms with Crippen LogP contribution in [0.3, 0.4) is 0 Å². The van der Waals surface area contributed by atoms with Crippen molar-refractivity contribution in [3.05, 3.63) is 0 Å². The minimum atomic E-state index is 0.513. The zero-order valence-electron chi connectivity index (χ0n) is 9.58. The van der Waals surface area contributed by atoms with E-state index in [0.717, 1.165) is 12.6 Å². The van der Waals surface area contributed by atoms with E-state index in [4.69, 9.17) is 4.74 Å². The molecule has 86 valence electrons. The number of ether oxygens (including phenoxy) is 1. The maximum atomic E-state index is 5.96. The highest BCUT2D eigenvalue weighted by Crippen LogP contribution is 2.47. The first-order chi connectivity index (χ1) is 7.36. The van der Waals surface area contributed by atoms with Gasteiger partial charge in [0.25, 0.3) is 0 Å². The van der Waals surface area contributed by atoms with E-state index in [1.165, 1.54) is 44.4 Å². The first-order valence-electron chi connectivity index (χ1n) is 6.23. The Bertz CT molecular complexity index is 248. The lowest BCUT2D eigenvalue weighted by Gasteiger charge is -2.35. The highest BCUT2D eigenvalue weighted by molar-refractivity contribution is 7.98.